The van der Waals surface area contributed by atoms with E-state index >= 15 is 0 Å². The standard InChI is InChI=1S/C10H12N4/c1-14-7-9(11)6-13-10(14)8-3-2-4-12-5-8/h2-6H,7,11H2,1H3. The van der Waals surface area contributed by atoms with Gasteiger partial charge in [0.05, 0.1) is 6.54 Å². The second-order valence-corrected chi connectivity index (χ2v) is 3.25. The van der Waals surface area contributed by atoms with Gasteiger partial charge in [0, 0.05) is 36.9 Å². The monoisotopic (exact) mass is 188 g/mol. The highest BCUT2D eigenvalue weighted by atomic mass is 15.2. The molecule has 0 unspecified atom stereocenters. The van der Waals surface area contributed by atoms with E-state index in [0.717, 1.165) is 17.1 Å². The first-order valence-electron chi connectivity index (χ1n) is 4.41. The highest BCUT2D eigenvalue weighted by Gasteiger charge is 2.12. The van der Waals surface area contributed by atoms with E-state index in [1.165, 1.54) is 0 Å². The minimum absolute atomic E-state index is 0.716. The second-order valence-electron chi connectivity index (χ2n) is 3.25. The molecule has 0 bridgehead atoms. The van der Waals surface area contributed by atoms with Crippen molar-refractivity contribution in [2.45, 2.75) is 0 Å². The second kappa shape index (κ2) is 3.49. The molecule has 4 heteroatoms. The maximum atomic E-state index is 5.66. The Morgan fingerprint density at radius 2 is 2.36 bits per heavy atom. The van der Waals surface area contributed by atoms with Crippen molar-refractivity contribution >= 4 is 5.84 Å². The molecule has 1 aromatic heterocycles. The normalized spacial score (nSPS) is 16.2. The van der Waals surface area contributed by atoms with Gasteiger partial charge in [0.15, 0.2) is 0 Å². The number of likely N-dealkylation sites (N-methyl/N-ethyl adjacent to an activating group) is 1. The highest BCUT2D eigenvalue weighted by Crippen LogP contribution is 2.08. The Hall–Kier alpha value is -1.84. The summed E-state index contributed by atoms with van der Waals surface area (Å²) < 4.78 is 0. The molecule has 0 aromatic carbocycles. The molecule has 2 heterocycles. The van der Waals surface area contributed by atoms with Gasteiger partial charge >= 0.3 is 0 Å². The van der Waals surface area contributed by atoms with E-state index in [1.807, 2.05) is 24.1 Å². The van der Waals surface area contributed by atoms with Crippen LogP contribution in [0.25, 0.3) is 0 Å². The Bertz CT molecular complexity index is 380. The largest absolute Gasteiger partial charge is 0.399 e. The third-order valence-electron chi connectivity index (χ3n) is 2.05. The lowest BCUT2D eigenvalue weighted by Crippen LogP contribution is -2.33. The maximum Gasteiger partial charge on any atom is 0.137 e. The van der Waals surface area contributed by atoms with Crippen molar-refractivity contribution in [3.05, 3.63) is 42.0 Å². The van der Waals surface area contributed by atoms with Crippen LogP contribution in [0.4, 0.5) is 0 Å². The van der Waals surface area contributed by atoms with Gasteiger partial charge in [0.2, 0.25) is 0 Å². The first-order valence-corrected chi connectivity index (χ1v) is 4.41. The molecule has 4 nitrogen and oxygen atoms in total. The van der Waals surface area contributed by atoms with Gasteiger partial charge < -0.3 is 10.6 Å². The van der Waals surface area contributed by atoms with Crippen molar-refractivity contribution in [1.29, 1.82) is 0 Å². The van der Waals surface area contributed by atoms with Crippen LogP contribution in [0.15, 0.2) is 41.4 Å². The van der Waals surface area contributed by atoms with E-state index < -0.39 is 0 Å². The predicted octanol–water partition coefficient (Wildman–Crippen LogP) is 0.574. The quantitative estimate of drug-likeness (QED) is 0.701. The van der Waals surface area contributed by atoms with E-state index in [1.54, 1.807) is 18.6 Å². The lowest BCUT2D eigenvalue weighted by Gasteiger charge is -2.23. The smallest absolute Gasteiger partial charge is 0.137 e. The Morgan fingerprint density at radius 3 is 3.00 bits per heavy atom. The first-order chi connectivity index (χ1) is 6.77. The van der Waals surface area contributed by atoms with Crippen LogP contribution in [-0.4, -0.2) is 29.3 Å². The molecule has 1 aliphatic heterocycles. The molecule has 1 aromatic rings. The van der Waals surface area contributed by atoms with Crippen LogP contribution in [0.2, 0.25) is 0 Å². The van der Waals surface area contributed by atoms with Crippen LogP contribution in [-0.2, 0) is 0 Å². The minimum Gasteiger partial charge on any atom is -0.399 e. The molecule has 0 spiro atoms. The summed E-state index contributed by atoms with van der Waals surface area (Å²) in [4.78, 5) is 10.3. The highest BCUT2D eigenvalue weighted by molar-refractivity contribution is 5.99. The van der Waals surface area contributed by atoms with E-state index in [9.17, 15) is 0 Å². The van der Waals surface area contributed by atoms with Crippen molar-refractivity contribution in [2.75, 3.05) is 13.6 Å². The van der Waals surface area contributed by atoms with Gasteiger partial charge in [-0.15, -0.1) is 0 Å². The molecule has 14 heavy (non-hydrogen) atoms. The lowest BCUT2D eigenvalue weighted by atomic mass is 10.2. The van der Waals surface area contributed by atoms with Crippen molar-refractivity contribution < 1.29 is 0 Å². The zero-order chi connectivity index (χ0) is 9.97. The number of pyridine rings is 1. The Labute approximate surface area is 82.8 Å². The van der Waals surface area contributed by atoms with E-state index in [2.05, 4.69) is 9.98 Å². The van der Waals surface area contributed by atoms with Crippen LogP contribution in [0.1, 0.15) is 5.56 Å². The number of amidine groups is 1. The van der Waals surface area contributed by atoms with Crippen LogP contribution < -0.4 is 5.73 Å². The topological polar surface area (TPSA) is 54.5 Å². The number of aliphatic imine (C=N–C) groups is 1. The summed E-state index contributed by atoms with van der Waals surface area (Å²) in [5, 5.41) is 0. The summed E-state index contributed by atoms with van der Waals surface area (Å²) in [5.74, 6) is 0.910. The summed E-state index contributed by atoms with van der Waals surface area (Å²) in [6.07, 6.45) is 5.24. The van der Waals surface area contributed by atoms with E-state index in [4.69, 9.17) is 5.73 Å². The molecule has 2 N–H and O–H groups in total. The summed E-state index contributed by atoms with van der Waals surface area (Å²) in [5.41, 5.74) is 7.45. The predicted molar refractivity (Wildman–Crippen MR) is 55.7 cm³/mol. The fraction of sp³-hybridized carbons (Fsp3) is 0.200. The number of nitrogens with two attached hydrogens (primary N) is 1. The number of aromatic nitrogens is 1. The fourth-order valence-electron chi connectivity index (χ4n) is 1.42. The average molecular weight is 188 g/mol. The van der Waals surface area contributed by atoms with Crippen LogP contribution in [0, 0.1) is 0 Å². The van der Waals surface area contributed by atoms with E-state index in [0.29, 0.717) is 6.54 Å². The SMILES string of the molecule is CN1CC(N)=CN=C1c1cccnc1. The van der Waals surface area contributed by atoms with Gasteiger partial charge in [-0.05, 0) is 12.1 Å². The first kappa shape index (κ1) is 8.74. The fourth-order valence-corrected chi connectivity index (χ4v) is 1.42. The zero-order valence-corrected chi connectivity index (χ0v) is 8.01. The third-order valence-corrected chi connectivity index (χ3v) is 2.05. The Morgan fingerprint density at radius 1 is 1.50 bits per heavy atom. The van der Waals surface area contributed by atoms with Crippen molar-refractivity contribution in [3.8, 4) is 0 Å². The number of rotatable bonds is 1. The molecule has 0 atom stereocenters. The number of nitrogens with zero attached hydrogens (tertiary/aromatic N) is 3. The maximum absolute atomic E-state index is 5.66. The van der Waals surface area contributed by atoms with Crippen LogP contribution in [0.3, 0.4) is 0 Å². The van der Waals surface area contributed by atoms with Crippen LogP contribution >= 0.6 is 0 Å². The zero-order valence-electron chi connectivity index (χ0n) is 8.01. The van der Waals surface area contributed by atoms with Gasteiger partial charge in [0.1, 0.15) is 5.84 Å². The minimum atomic E-state index is 0.716. The average Bonchev–Trinajstić information content (AvgIpc) is 2.19. The Balaban J connectivity index is 2.35. The summed E-state index contributed by atoms with van der Waals surface area (Å²) in [6, 6.07) is 3.88. The van der Waals surface area contributed by atoms with Crippen molar-refractivity contribution in [2.24, 2.45) is 10.7 Å². The molecule has 0 radical (unpaired) electrons. The summed E-state index contributed by atoms with van der Waals surface area (Å²) in [7, 11) is 1.96. The van der Waals surface area contributed by atoms with Gasteiger partial charge in [-0.25, -0.2) is 4.99 Å². The third kappa shape index (κ3) is 1.59. The van der Waals surface area contributed by atoms with Crippen LogP contribution in [0.5, 0.6) is 0 Å². The molecule has 0 fully saturated rings. The molecular weight excluding hydrogens is 176 g/mol. The molecule has 0 amide bonds. The number of hydrogen-bond acceptors (Lipinski definition) is 4. The number of hydrogen-bond donors (Lipinski definition) is 1. The lowest BCUT2D eigenvalue weighted by molar-refractivity contribution is 0.537. The molecule has 0 saturated carbocycles. The van der Waals surface area contributed by atoms with Gasteiger partial charge in [0.25, 0.3) is 0 Å². The summed E-state index contributed by atoms with van der Waals surface area (Å²) >= 11 is 0. The molecule has 0 aliphatic carbocycles. The van der Waals surface area contributed by atoms with Crippen molar-refractivity contribution in [1.82, 2.24) is 9.88 Å². The molecule has 1 aliphatic rings. The van der Waals surface area contributed by atoms with Gasteiger partial charge in [-0.2, -0.15) is 0 Å². The van der Waals surface area contributed by atoms with Crippen molar-refractivity contribution in [3.63, 3.8) is 0 Å². The molecule has 0 saturated heterocycles. The summed E-state index contributed by atoms with van der Waals surface area (Å²) in [6.45, 7) is 0.716. The Kier molecular flexibility index (Phi) is 2.18. The van der Waals surface area contributed by atoms with Gasteiger partial charge in [-0.1, -0.05) is 0 Å². The molecule has 72 valence electrons. The van der Waals surface area contributed by atoms with E-state index in [-0.39, 0.29) is 0 Å². The molecule has 2 rings (SSSR count). The molecular formula is C10H12N4. The van der Waals surface area contributed by atoms with Gasteiger partial charge in [-0.3, -0.25) is 4.98 Å².